The van der Waals surface area contributed by atoms with Crippen molar-refractivity contribution in [2.45, 2.75) is 56.8 Å². The fraction of sp³-hybridized carbons (Fsp3) is 0.385. The number of aromatic nitrogens is 3. The average Bonchev–Trinajstić information content (AvgIpc) is 3.61. The van der Waals surface area contributed by atoms with E-state index in [0.29, 0.717) is 29.7 Å². The number of allylic oxidation sites excluding steroid dienone is 6. The molecule has 1 aliphatic heterocycles. The Balaban J connectivity index is 1.51. The third-order valence-corrected chi connectivity index (χ3v) is 8.09. The van der Waals surface area contributed by atoms with Gasteiger partial charge in [0.1, 0.15) is 5.82 Å². The number of aromatic amines is 1. The summed E-state index contributed by atoms with van der Waals surface area (Å²) in [5.74, 6) is -1.21. The fourth-order valence-corrected chi connectivity index (χ4v) is 6.74. The Morgan fingerprint density at radius 3 is 2.69 bits per heavy atom. The molecule has 0 radical (unpaired) electrons. The quantitative estimate of drug-likeness (QED) is 0.491. The van der Waals surface area contributed by atoms with E-state index in [4.69, 9.17) is 0 Å². The molecule has 2 heterocycles. The highest BCUT2D eigenvalue weighted by molar-refractivity contribution is 5.88. The summed E-state index contributed by atoms with van der Waals surface area (Å²) >= 11 is 0. The Hall–Kier alpha value is -3.59. The predicted molar refractivity (Wildman–Crippen MR) is 126 cm³/mol. The maximum absolute atomic E-state index is 16.7. The van der Waals surface area contributed by atoms with Crippen LogP contribution in [0.25, 0.3) is 0 Å². The Morgan fingerprint density at radius 1 is 1.26 bits per heavy atom. The van der Waals surface area contributed by atoms with Gasteiger partial charge in [-0.1, -0.05) is 36.4 Å². The highest BCUT2D eigenvalue weighted by Gasteiger charge is 2.60. The van der Waals surface area contributed by atoms with E-state index in [1.165, 1.54) is 6.92 Å². The highest BCUT2D eigenvalue weighted by atomic mass is 19.1. The molecule has 6 bridgehead atoms. The largest absolute Gasteiger partial charge is 0.353 e. The van der Waals surface area contributed by atoms with Crippen molar-refractivity contribution in [1.29, 1.82) is 0 Å². The molecule has 0 saturated carbocycles. The van der Waals surface area contributed by atoms with Crippen LogP contribution in [0.2, 0.25) is 0 Å². The van der Waals surface area contributed by atoms with E-state index in [1.54, 1.807) is 6.20 Å². The van der Waals surface area contributed by atoms with E-state index >= 15 is 4.39 Å². The van der Waals surface area contributed by atoms with Gasteiger partial charge < -0.3 is 16.0 Å². The number of carbonyl (C=O) groups is 2. The minimum atomic E-state index is -0.891. The number of hydrogen-bond donors (Lipinski definition) is 4. The molecule has 4 aliphatic carbocycles. The van der Waals surface area contributed by atoms with Gasteiger partial charge >= 0.3 is 0 Å². The molecule has 180 valence electrons. The summed E-state index contributed by atoms with van der Waals surface area (Å²) < 4.78 is 16.7. The maximum atomic E-state index is 16.7. The number of hydrogen-bond acceptors (Lipinski definition) is 5. The summed E-state index contributed by atoms with van der Waals surface area (Å²) in [7, 11) is 0. The highest BCUT2D eigenvalue weighted by Crippen LogP contribution is 2.56. The number of fused-ring (bicyclic) bond motifs is 5. The monoisotopic (exact) mass is 474 g/mol. The van der Waals surface area contributed by atoms with Gasteiger partial charge in [-0.25, -0.2) is 4.39 Å². The van der Waals surface area contributed by atoms with Gasteiger partial charge in [-0.15, -0.1) is 0 Å². The van der Waals surface area contributed by atoms with Crippen LogP contribution in [0.1, 0.15) is 48.6 Å². The zero-order chi connectivity index (χ0) is 24.3. The van der Waals surface area contributed by atoms with Crippen LogP contribution in [0, 0.1) is 11.7 Å². The van der Waals surface area contributed by atoms with Crippen molar-refractivity contribution in [3.05, 3.63) is 82.0 Å². The number of nitrogens with one attached hydrogen (secondary N) is 4. The summed E-state index contributed by atoms with van der Waals surface area (Å²) in [6.45, 7) is 4.06. The van der Waals surface area contributed by atoms with Crippen LogP contribution in [-0.2, 0) is 28.1 Å². The van der Waals surface area contributed by atoms with Gasteiger partial charge in [-0.05, 0) is 35.6 Å². The molecule has 4 atom stereocenters. The molecule has 4 N–H and O–H groups in total. The zero-order valence-corrected chi connectivity index (χ0v) is 19.6. The molecule has 35 heavy (non-hydrogen) atoms. The molecule has 0 spiro atoms. The number of nitrogens with zero attached hydrogens (tertiary/aromatic N) is 2. The second kappa shape index (κ2) is 7.98. The van der Waals surface area contributed by atoms with Crippen molar-refractivity contribution in [1.82, 2.24) is 31.4 Å². The fourth-order valence-electron chi connectivity index (χ4n) is 6.74. The number of rotatable bonds is 7. The lowest BCUT2D eigenvalue weighted by atomic mass is 9.57. The Morgan fingerprint density at radius 2 is 2.03 bits per heavy atom. The molecule has 1 fully saturated rings. The van der Waals surface area contributed by atoms with Crippen molar-refractivity contribution >= 4 is 11.8 Å². The molecule has 5 aliphatic rings. The first-order valence-electron chi connectivity index (χ1n) is 12.0. The van der Waals surface area contributed by atoms with E-state index in [2.05, 4.69) is 55.7 Å². The maximum Gasteiger partial charge on any atom is 0.227 e. The number of halogens is 1. The first kappa shape index (κ1) is 21.9. The molecule has 9 heteroatoms. The molecule has 2 unspecified atom stereocenters. The number of amides is 2. The van der Waals surface area contributed by atoms with Crippen LogP contribution in [0.5, 0.6) is 0 Å². The van der Waals surface area contributed by atoms with Crippen LogP contribution in [-0.4, -0.2) is 39.3 Å². The molecule has 1 aromatic heterocycles. The SMILES string of the molecule is CC(=O)NC(C)C1(C2C3=CC=C2C=C3)c2ccc(c(CNCc3cn[nH]n3)c2F)[C@@H]2C[C@@H]1NC2=O. The number of benzene rings is 1. The van der Waals surface area contributed by atoms with Gasteiger partial charge in [0.15, 0.2) is 0 Å². The third-order valence-electron chi connectivity index (χ3n) is 8.09. The van der Waals surface area contributed by atoms with Gasteiger partial charge in [0, 0.05) is 49.0 Å². The van der Waals surface area contributed by atoms with E-state index in [9.17, 15) is 9.59 Å². The summed E-state index contributed by atoms with van der Waals surface area (Å²) in [5, 5.41) is 20.0. The molecule has 2 amide bonds. The Bertz CT molecular complexity index is 1290. The smallest absolute Gasteiger partial charge is 0.227 e. The minimum absolute atomic E-state index is 0.0970. The van der Waals surface area contributed by atoms with E-state index < -0.39 is 17.4 Å². The normalized spacial score (nSPS) is 26.9. The summed E-state index contributed by atoms with van der Waals surface area (Å²) in [6, 6.07) is 2.97. The second-order valence-electron chi connectivity index (χ2n) is 9.86. The molecule has 1 saturated heterocycles. The molecule has 1 aromatic carbocycles. The molecule has 2 aromatic rings. The summed E-state index contributed by atoms with van der Waals surface area (Å²) in [4.78, 5) is 25.5. The predicted octanol–water partition coefficient (Wildman–Crippen LogP) is 2.03. The van der Waals surface area contributed by atoms with E-state index in [0.717, 1.165) is 16.8 Å². The third kappa shape index (κ3) is 3.14. The van der Waals surface area contributed by atoms with Crippen molar-refractivity contribution in [2.24, 2.45) is 5.92 Å². The Kier molecular flexibility index (Phi) is 5.00. The summed E-state index contributed by atoms with van der Waals surface area (Å²) in [5.41, 5.74) is 3.71. The van der Waals surface area contributed by atoms with Gasteiger partial charge in [-0.2, -0.15) is 15.4 Å². The lowest BCUT2D eigenvalue weighted by Gasteiger charge is -2.49. The summed E-state index contributed by atoms with van der Waals surface area (Å²) in [6.07, 6.45) is 10.4. The van der Waals surface area contributed by atoms with Gasteiger partial charge in [0.2, 0.25) is 11.8 Å². The molecular formula is C26H27FN6O2. The standard InChI is InChI=1S/C26H27FN6O2/c1-13(30-14(2)34)26(23-15-3-4-16(23)6-5-15)21-8-7-18(19-9-22(26)31-25(19)35)20(24(21)27)12-28-10-17-11-29-33-32-17/h3-8,11,13,19,22-23,28H,9-10,12H2,1-2H3,(H,30,34)(H,31,35)(H,29,32,33)/t13?,19-,22-,26?/m0/s1. The van der Waals surface area contributed by atoms with Crippen molar-refractivity contribution in [3.63, 3.8) is 0 Å². The molecule has 8 nitrogen and oxygen atoms in total. The first-order chi connectivity index (χ1) is 16.9. The van der Waals surface area contributed by atoms with Crippen molar-refractivity contribution in [2.75, 3.05) is 0 Å². The van der Waals surface area contributed by atoms with E-state index in [-0.39, 0.29) is 36.1 Å². The number of carbonyl (C=O) groups excluding carboxylic acids is 2. The lowest BCUT2D eigenvalue weighted by molar-refractivity contribution is -0.120. The lowest BCUT2D eigenvalue weighted by Crippen LogP contribution is -2.62. The van der Waals surface area contributed by atoms with Crippen LogP contribution in [0.4, 0.5) is 4.39 Å². The van der Waals surface area contributed by atoms with Gasteiger partial charge in [0.25, 0.3) is 0 Å². The first-order valence-corrected chi connectivity index (χ1v) is 12.0. The average molecular weight is 475 g/mol. The van der Waals surface area contributed by atoms with E-state index in [1.807, 2.05) is 19.1 Å². The minimum Gasteiger partial charge on any atom is -0.353 e. The zero-order valence-electron chi connectivity index (χ0n) is 19.6. The van der Waals surface area contributed by atoms with Gasteiger partial charge in [0.05, 0.1) is 17.8 Å². The topological polar surface area (TPSA) is 112 Å². The van der Waals surface area contributed by atoms with Crippen LogP contribution >= 0.6 is 0 Å². The van der Waals surface area contributed by atoms with Crippen LogP contribution in [0.15, 0.2) is 53.8 Å². The number of H-pyrrole nitrogens is 1. The molecular weight excluding hydrogens is 447 g/mol. The van der Waals surface area contributed by atoms with Crippen LogP contribution in [0.3, 0.4) is 0 Å². The second-order valence-corrected chi connectivity index (χ2v) is 9.86. The van der Waals surface area contributed by atoms with Crippen molar-refractivity contribution in [3.8, 4) is 0 Å². The molecule has 7 rings (SSSR count). The van der Waals surface area contributed by atoms with Gasteiger partial charge in [-0.3, -0.25) is 9.59 Å². The Labute approximate surface area is 202 Å². The van der Waals surface area contributed by atoms with Crippen molar-refractivity contribution < 1.29 is 14.0 Å². The van der Waals surface area contributed by atoms with Crippen LogP contribution < -0.4 is 16.0 Å².